The van der Waals surface area contributed by atoms with Crippen molar-refractivity contribution in [1.29, 1.82) is 0 Å². The minimum atomic E-state index is -0.0919. The van der Waals surface area contributed by atoms with Gasteiger partial charge in [0.1, 0.15) is 0 Å². The molecule has 27 heavy (non-hydrogen) atoms. The molecule has 0 aliphatic carbocycles. The van der Waals surface area contributed by atoms with E-state index in [-0.39, 0.29) is 5.91 Å². The lowest BCUT2D eigenvalue weighted by Gasteiger charge is -2.06. The fourth-order valence-electron chi connectivity index (χ4n) is 2.85. The summed E-state index contributed by atoms with van der Waals surface area (Å²) in [5.74, 6) is 0.453. The number of carbonyl (C=O) groups excluding carboxylic acids is 1. The van der Waals surface area contributed by atoms with E-state index < -0.39 is 0 Å². The second kappa shape index (κ2) is 6.92. The number of benzene rings is 2. The molecular weight excluding hydrogens is 338 g/mol. The highest BCUT2D eigenvalue weighted by Crippen LogP contribution is 2.24. The first kappa shape index (κ1) is 16.8. The van der Waals surface area contributed by atoms with Crippen molar-refractivity contribution < 1.29 is 4.79 Å². The number of hydrogen-bond donors (Lipinski definition) is 2. The van der Waals surface area contributed by atoms with E-state index in [0.29, 0.717) is 5.95 Å². The van der Waals surface area contributed by atoms with Crippen molar-refractivity contribution in [2.45, 2.75) is 13.8 Å². The Kier molecular flexibility index (Phi) is 4.30. The summed E-state index contributed by atoms with van der Waals surface area (Å²) in [4.78, 5) is 15.8. The van der Waals surface area contributed by atoms with E-state index in [2.05, 4.69) is 27.6 Å². The molecule has 1 amide bonds. The van der Waals surface area contributed by atoms with Gasteiger partial charge in [0.15, 0.2) is 5.65 Å². The number of anilines is 3. The van der Waals surface area contributed by atoms with E-state index in [1.54, 1.807) is 4.52 Å². The molecule has 0 unspecified atom stereocenters. The zero-order chi connectivity index (χ0) is 18.8. The van der Waals surface area contributed by atoms with Crippen LogP contribution in [0, 0.1) is 6.92 Å². The summed E-state index contributed by atoms with van der Waals surface area (Å²) >= 11 is 0. The maximum absolute atomic E-state index is 11.3. The lowest BCUT2D eigenvalue weighted by Crippen LogP contribution is -2.05. The molecule has 0 radical (unpaired) electrons. The molecule has 6 heteroatoms. The van der Waals surface area contributed by atoms with Gasteiger partial charge in [-0.3, -0.25) is 4.79 Å². The third-order valence-electron chi connectivity index (χ3n) is 4.15. The molecule has 6 nitrogen and oxygen atoms in total. The summed E-state index contributed by atoms with van der Waals surface area (Å²) in [7, 11) is 0. The molecule has 0 saturated carbocycles. The molecule has 2 aromatic heterocycles. The molecule has 0 aliphatic heterocycles. The minimum absolute atomic E-state index is 0.0919. The van der Waals surface area contributed by atoms with Crippen LogP contribution in [0.25, 0.3) is 16.8 Å². The molecular formula is C21H19N5O. The molecule has 2 heterocycles. The van der Waals surface area contributed by atoms with E-state index in [9.17, 15) is 4.79 Å². The topological polar surface area (TPSA) is 71.3 Å². The van der Waals surface area contributed by atoms with Gasteiger partial charge < -0.3 is 10.6 Å². The van der Waals surface area contributed by atoms with E-state index in [4.69, 9.17) is 0 Å². The Morgan fingerprint density at radius 3 is 2.56 bits per heavy atom. The summed E-state index contributed by atoms with van der Waals surface area (Å²) in [6.07, 6.45) is 1.93. The normalized spacial score (nSPS) is 10.7. The Bertz CT molecular complexity index is 1120. The zero-order valence-electron chi connectivity index (χ0n) is 15.1. The second-order valence-corrected chi connectivity index (χ2v) is 6.41. The van der Waals surface area contributed by atoms with Crippen LogP contribution < -0.4 is 10.6 Å². The largest absolute Gasteiger partial charge is 0.326 e. The monoisotopic (exact) mass is 357 g/mol. The Morgan fingerprint density at radius 2 is 1.78 bits per heavy atom. The van der Waals surface area contributed by atoms with E-state index in [0.717, 1.165) is 28.1 Å². The summed E-state index contributed by atoms with van der Waals surface area (Å²) < 4.78 is 1.75. The molecule has 0 spiro atoms. The van der Waals surface area contributed by atoms with Crippen molar-refractivity contribution in [3.8, 4) is 11.1 Å². The van der Waals surface area contributed by atoms with Gasteiger partial charge in [0.25, 0.3) is 0 Å². The molecule has 2 N–H and O–H groups in total. The van der Waals surface area contributed by atoms with E-state index >= 15 is 0 Å². The van der Waals surface area contributed by atoms with Gasteiger partial charge in [-0.15, -0.1) is 5.10 Å². The Labute approximate surface area is 156 Å². The van der Waals surface area contributed by atoms with Crippen LogP contribution in [0.2, 0.25) is 0 Å². The van der Waals surface area contributed by atoms with Gasteiger partial charge in [-0.05, 0) is 48.9 Å². The quantitative estimate of drug-likeness (QED) is 0.568. The fraction of sp³-hybridized carbons (Fsp3) is 0.0952. The maximum atomic E-state index is 11.3. The summed E-state index contributed by atoms with van der Waals surface area (Å²) in [5.41, 5.74) is 5.65. The first-order chi connectivity index (χ1) is 13.1. The van der Waals surface area contributed by atoms with Crippen LogP contribution in [0.4, 0.5) is 17.3 Å². The number of aryl methyl sites for hydroxylation is 1. The van der Waals surface area contributed by atoms with Crippen molar-refractivity contribution in [2.75, 3.05) is 10.6 Å². The Morgan fingerprint density at radius 1 is 0.963 bits per heavy atom. The van der Waals surface area contributed by atoms with Crippen LogP contribution in [0.1, 0.15) is 12.5 Å². The highest BCUT2D eigenvalue weighted by molar-refractivity contribution is 5.89. The average Bonchev–Trinajstić information content (AvgIpc) is 3.05. The number of amides is 1. The van der Waals surface area contributed by atoms with Crippen LogP contribution in [0.15, 0.2) is 66.9 Å². The number of aromatic nitrogens is 3. The lowest BCUT2D eigenvalue weighted by molar-refractivity contribution is -0.114. The minimum Gasteiger partial charge on any atom is -0.326 e. The number of rotatable bonds is 4. The molecule has 0 atom stereocenters. The van der Waals surface area contributed by atoms with Crippen molar-refractivity contribution >= 4 is 28.9 Å². The maximum Gasteiger partial charge on any atom is 0.247 e. The van der Waals surface area contributed by atoms with Crippen LogP contribution in [0.5, 0.6) is 0 Å². The lowest BCUT2D eigenvalue weighted by atomic mass is 10.1. The number of nitrogens with one attached hydrogen (secondary N) is 2. The Hall–Kier alpha value is -3.67. The number of pyridine rings is 1. The number of carbonyl (C=O) groups is 1. The molecule has 4 aromatic rings. The third kappa shape index (κ3) is 3.79. The first-order valence-electron chi connectivity index (χ1n) is 8.65. The summed E-state index contributed by atoms with van der Waals surface area (Å²) in [6.45, 7) is 3.55. The van der Waals surface area contributed by atoms with Crippen molar-refractivity contribution in [2.24, 2.45) is 0 Å². The number of nitrogens with zero attached hydrogens (tertiary/aromatic N) is 3. The first-order valence-corrected chi connectivity index (χ1v) is 8.65. The predicted molar refractivity (Wildman–Crippen MR) is 107 cm³/mol. The van der Waals surface area contributed by atoms with Gasteiger partial charge in [-0.2, -0.15) is 4.98 Å². The standard InChI is InChI=1S/C21H19N5O/c1-14-6-9-18(10-7-14)23-21-24-20-11-8-17(13-26(20)25-21)16-4-3-5-19(12-16)22-15(2)27/h3-13H,1-2H3,(H,22,27)(H,23,25). The number of hydrogen-bond acceptors (Lipinski definition) is 4. The van der Waals surface area contributed by atoms with E-state index in [1.807, 2.05) is 66.9 Å². The van der Waals surface area contributed by atoms with Gasteiger partial charge in [0.05, 0.1) is 0 Å². The smallest absolute Gasteiger partial charge is 0.247 e. The predicted octanol–water partition coefficient (Wildman–Crippen LogP) is 4.41. The highest BCUT2D eigenvalue weighted by atomic mass is 16.1. The van der Waals surface area contributed by atoms with Gasteiger partial charge in [-0.1, -0.05) is 29.8 Å². The summed E-state index contributed by atoms with van der Waals surface area (Å²) in [6, 6.07) is 19.7. The van der Waals surface area contributed by atoms with Crippen molar-refractivity contribution in [3.05, 3.63) is 72.4 Å². The van der Waals surface area contributed by atoms with Gasteiger partial charge in [-0.25, -0.2) is 4.52 Å². The van der Waals surface area contributed by atoms with Crippen LogP contribution in [0.3, 0.4) is 0 Å². The SMILES string of the molecule is CC(=O)Nc1cccc(-c2ccc3nc(Nc4ccc(C)cc4)nn3c2)c1. The molecule has 0 aliphatic rings. The highest BCUT2D eigenvalue weighted by Gasteiger charge is 2.07. The van der Waals surface area contributed by atoms with E-state index in [1.165, 1.54) is 12.5 Å². The van der Waals surface area contributed by atoms with Gasteiger partial charge in [0, 0.05) is 30.1 Å². The van der Waals surface area contributed by atoms with Crippen molar-refractivity contribution in [3.63, 3.8) is 0 Å². The molecule has 0 fully saturated rings. The second-order valence-electron chi connectivity index (χ2n) is 6.41. The van der Waals surface area contributed by atoms with Gasteiger partial charge in [0.2, 0.25) is 11.9 Å². The fourth-order valence-corrected chi connectivity index (χ4v) is 2.85. The zero-order valence-corrected chi connectivity index (χ0v) is 15.1. The number of fused-ring (bicyclic) bond motifs is 1. The molecule has 4 rings (SSSR count). The molecule has 134 valence electrons. The van der Waals surface area contributed by atoms with Crippen molar-refractivity contribution in [1.82, 2.24) is 14.6 Å². The average molecular weight is 357 g/mol. The molecule has 0 bridgehead atoms. The molecule has 0 saturated heterocycles. The third-order valence-corrected chi connectivity index (χ3v) is 4.15. The van der Waals surface area contributed by atoms with Crippen LogP contribution in [-0.2, 0) is 4.79 Å². The van der Waals surface area contributed by atoms with Crippen LogP contribution in [-0.4, -0.2) is 20.5 Å². The molecule has 2 aromatic carbocycles. The Balaban J connectivity index is 1.62. The summed E-state index contributed by atoms with van der Waals surface area (Å²) in [5, 5.41) is 10.5. The van der Waals surface area contributed by atoms with Gasteiger partial charge >= 0.3 is 0 Å². The van der Waals surface area contributed by atoms with Crippen LogP contribution >= 0.6 is 0 Å².